The first-order chi connectivity index (χ1) is 9.06. The minimum Gasteiger partial charge on any atom is -0.496 e. The van der Waals surface area contributed by atoms with Gasteiger partial charge < -0.3 is 15.0 Å². The van der Waals surface area contributed by atoms with Gasteiger partial charge in [0.1, 0.15) is 5.75 Å². The van der Waals surface area contributed by atoms with Crippen molar-refractivity contribution in [3.8, 4) is 17.2 Å². The molecule has 1 heterocycles. The number of ether oxygens (including phenoxy) is 1. The van der Waals surface area contributed by atoms with E-state index < -0.39 is 0 Å². The quantitative estimate of drug-likeness (QED) is 0.868. The third-order valence-electron chi connectivity index (χ3n) is 3.04. The molecular formula is C13H16ClN3O2. The summed E-state index contributed by atoms with van der Waals surface area (Å²) in [6, 6.07) is 3.31. The van der Waals surface area contributed by atoms with Gasteiger partial charge in [0, 0.05) is 12.0 Å². The lowest BCUT2D eigenvalue weighted by molar-refractivity contribution is 0.401. The van der Waals surface area contributed by atoms with Gasteiger partial charge in [-0.05, 0) is 12.5 Å². The molecule has 1 unspecified atom stereocenters. The van der Waals surface area contributed by atoms with Gasteiger partial charge in [0.2, 0.25) is 0 Å². The summed E-state index contributed by atoms with van der Waals surface area (Å²) in [5.41, 5.74) is 6.83. The Labute approximate surface area is 116 Å². The van der Waals surface area contributed by atoms with Crippen LogP contribution >= 0.6 is 11.6 Å². The van der Waals surface area contributed by atoms with Crippen molar-refractivity contribution in [3.63, 3.8) is 0 Å². The molecule has 0 saturated heterocycles. The van der Waals surface area contributed by atoms with Gasteiger partial charge in [-0.15, -0.1) is 0 Å². The van der Waals surface area contributed by atoms with E-state index in [1.54, 1.807) is 19.2 Å². The predicted molar refractivity (Wildman–Crippen MR) is 74.4 cm³/mol. The van der Waals surface area contributed by atoms with Gasteiger partial charge in [0.25, 0.3) is 5.89 Å². The van der Waals surface area contributed by atoms with E-state index in [-0.39, 0.29) is 5.92 Å². The van der Waals surface area contributed by atoms with Crippen molar-refractivity contribution in [2.45, 2.75) is 26.2 Å². The molecule has 0 amide bonds. The van der Waals surface area contributed by atoms with Crippen LogP contribution in [0.5, 0.6) is 5.75 Å². The van der Waals surface area contributed by atoms with Crippen LogP contribution in [0.1, 0.15) is 32.0 Å². The van der Waals surface area contributed by atoms with Crippen molar-refractivity contribution < 1.29 is 9.26 Å². The van der Waals surface area contributed by atoms with E-state index in [9.17, 15) is 0 Å². The largest absolute Gasteiger partial charge is 0.496 e. The van der Waals surface area contributed by atoms with Crippen molar-refractivity contribution >= 4 is 17.3 Å². The highest BCUT2D eigenvalue weighted by molar-refractivity contribution is 6.33. The fourth-order valence-corrected chi connectivity index (χ4v) is 1.80. The molecule has 0 radical (unpaired) electrons. The summed E-state index contributed by atoms with van der Waals surface area (Å²) in [6.07, 6.45) is 0.943. The summed E-state index contributed by atoms with van der Waals surface area (Å²) >= 11 is 6.02. The van der Waals surface area contributed by atoms with Crippen LogP contribution in [0.15, 0.2) is 16.7 Å². The van der Waals surface area contributed by atoms with Gasteiger partial charge in [0.15, 0.2) is 5.82 Å². The molecule has 1 atom stereocenters. The first kappa shape index (κ1) is 13.7. The number of anilines is 1. The van der Waals surface area contributed by atoms with Gasteiger partial charge in [-0.2, -0.15) is 4.98 Å². The standard InChI is InChI=1S/C13H16ClN3O2/c1-4-7(2)12-16-13(19-17-12)8-5-9(14)10(15)6-11(8)18-3/h5-7H,4,15H2,1-3H3. The molecule has 0 spiro atoms. The van der Waals surface area contributed by atoms with Crippen LogP contribution < -0.4 is 10.5 Å². The van der Waals surface area contributed by atoms with Gasteiger partial charge in [-0.1, -0.05) is 30.6 Å². The van der Waals surface area contributed by atoms with E-state index in [1.165, 1.54) is 0 Å². The molecule has 5 nitrogen and oxygen atoms in total. The van der Waals surface area contributed by atoms with Crippen molar-refractivity contribution in [2.24, 2.45) is 0 Å². The Bertz CT molecular complexity index is 583. The fourth-order valence-electron chi connectivity index (χ4n) is 1.63. The van der Waals surface area contributed by atoms with Crippen LogP contribution in [-0.4, -0.2) is 17.3 Å². The number of benzene rings is 1. The topological polar surface area (TPSA) is 74.2 Å². The van der Waals surface area contributed by atoms with Gasteiger partial charge in [0.05, 0.1) is 23.4 Å². The van der Waals surface area contributed by atoms with Crippen molar-refractivity contribution in [1.82, 2.24) is 10.1 Å². The lowest BCUT2D eigenvalue weighted by Crippen LogP contribution is -1.95. The molecular weight excluding hydrogens is 266 g/mol. The zero-order chi connectivity index (χ0) is 14.0. The van der Waals surface area contributed by atoms with Crippen LogP contribution in [0.2, 0.25) is 5.02 Å². The number of rotatable bonds is 4. The molecule has 6 heteroatoms. The summed E-state index contributed by atoms with van der Waals surface area (Å²) in [6.45, 7) is 4.11. The number of nitrogens with zero attached hydrogens (tertiary/aromatic N) is 2. The van der Waals surface area contributed by atoms with Crippen molar-refractivity contribution in [1.29, 1.82) is 0 Å². The van der Waals surface area contributed by atoms with Crippen LogP contribution in [-0.2, 0) is 0 Å². The fraction of sp³-hybridized carbons (Fsp3) is 0.385. The Morgan fingerprint density at radius 1 is 1.47 bits per heavy atom. The Balaban J connectivity index is 2.46. The van der Waals surface area contributed by atoms with Gasteiger partial charge in [-0.25, -0.2) is 0 Å². The third-order valence-corrected chi connectivity index (χ3v) is 3.37. The molecule has 0 fully saturated rings. The molecule has 0 aliphatic carbocycles. The van der Waals surface area contributed by atoms with Gasteiger partial charge >= 0.3 is 0 Å². The normalized spacial score (nSPS) is 12.4. The molecule has 19 heavy (non-hydrogen) atoms. The Morgan fingerprint density at radius 2 is 2.21 bits per heavy atom. The summed E-state index contributed by atoms with van der Waals surface area (Å²) in [5.74, 6) is 1.86. The summed E-state index contributed by atoms with van der Waals surface area (Å²) < 4.78 is 10.5. The zero-order valence-corrected chi connectivity index (χ0v) is 11.9. The Hall–Kier alpha value is -1.75. The second-order valence-electron chi connectivity index (χ2n) is 4.34. The van der Waals surface area contributed by atoms with Crippen LogP contribution in [0, 0.1) is 0 Å². The Morgan fingerprint density at radius 3 is 2.84 bits per heavy atom. The number of nitrogens with two attached hydrogens (primary N) is 1. The number of hydrogen-bond donors (Lipinski definition) is 1. The Kier molecular flexibility index (Phi) is 3.95. The minimum atomic E-state index is 0.243. The maximum absolute atomic E-state index is 6.02. The lowest BCUT2D eigenvalue weighted by atomic mass is 10.1. The minimum absolute atomic E-state index is 0.243. The van der Waals surface area contributed by atoms with Crippen molar-refractivity contribution in [2.75, 3.05) is 12.8 Å². The molecule has 2 aromatic rings. The van der Waals surface area contributed by atoms with Crippen LogP contribution in [0.25, 0.3) is 11.5 Å². The molecule has 0 saturated carbocycles. The lowest BCUT2D eigenvalue weighted by Gasteiger charge is -2.07. The van der Waals surface area contributed by atoms with E-state index in [0.29, 0.717) is 33.7 Å². The molecule has 0 aliphatic heterocycles. The van der Waals surface area contributed by atoms with Crippen molar-refractivity contribution in [3.05, 3.63) is 23.0 Å². The summed E-state index contributed by atoms with van der Waals surface area (Å²) in [5, 5.41) is 4.40. The van der Waals surface area contributed by atoms with E-state index in [2.05, 4.69) is 17.1 Å². The molecule has 0 aliphatic rings. The first-order valence-electron chi connectivity index (χ1n) is 6.03. The predicted octanol–water partition coefficient (Wildman–Crippen LogP) is 3.49. The zero-order valence-electron chi connectivity index (χ0n) is 11.1. The monoisotopic (exact) mass is 281 g/mol. The van der Waals surface area contributed by atoms with E-state index in [0.717, 1.165) is 6.42 Å². The summed E-state index contributed by atoms with van der Waals surface area (Å²) in [4.78, 5) is 4.37. The second kappa shape index (κ2) is 5.48. The third kappa shape index (κ3) is 2.66. The van der Waals surface area contributed by atoms with Crippen LogP contribution in [0.3, 0.4) is 0 Å². The second-order valence-corrected chi connectivity index (χ2v) is 4.75. The smallest absolute Gasteiger partial charge is 0.261 e. The average Bonchev–Trinajstić information content (AvgIpc) is 2.90. The highest BCUT2D eigenvalue weighted by atomic mass is 35.5. The van der Waals surface area contributed by atoms with E-state index >= 15 is 0 Å². The molecule has 1 aromatic carbocycles. The van der Waals surface area contributed by atoms with E-state index in [4.69, 9.17) is 26.6 Å². The number of nitrogen functional groups attached to an aromatic ring is 1. The van der Waals surface area contributed by atoms with Crippen LogP contribution in [0.4, 0.5) is 5.69 Å². The molecule has 2 N–H and O–H groups in total. The average molecular weight is 282 g/mol. The van der Waals surface area contributed by atoms with E-state index in [1.807, 2.05) is 6.92 Å². The number of methoxy groups -OCH3 is 1. The molecule has 1 aromatic heterocycles. The van der Waals surface area contributed by atoms with Gasteiger partial charge in [-0.3, -0.25) is 0 Å². The molecule has 2 rings (SSSR count). The number of halogens is 1. The number of hydrogen-bond acceptors (Lipinski definition) is 5. The highest BCUT2D eigenvalue weighted by Gasteiger charge is 2.18. The summed E-state index contributed by atoms with van der Waals surface area (Å²) in [7, 11) is 1.55. The molecule has 0 bridgehead atoms. The highest BCUT2D eigenvalue weighted by Crippen LogP contribution is 2.35. The maximum atomic E-state index is 6.02. The number of aromatic nitrogens is 2. The first-order valence-corrected chi connectivity index (χ1v) is 6.41. The molecule has 102 valence electrons. The SMILES string of the molecule is CCC(C)c1noc(-c2cc(Cl)c(N)cc2OC)n1. The maximum Gasteiger partial charge on any atom is 0.261 e.